The maximum absolute atomic E-state index is 11.3. The van der Waals surface area contributed by atoms with Crippen molar-refractivity contribution >= 4 is 42.3 Å². The van der Waals surface area contributed by atoms with Crippen molar-refractivity contribution in [3.63, 3.8) is 0 Å². The first-order chi connectivity index (χ1) is 15.5. The quantitative estimate of drug-likeness (QED) is 0.319. The average Bonchev–Trinajstić information content (AvgIpc) is 2.81. The Morgan fingerprint density at radius 3 is 1.34 bits per heavy atom. The molecule has 5 heteroatoms. The Morgan fingerprint density at radius 1 is 0.625 bits per heavy atom. The predicted molar refractivity (Wildman–Crippen MR) is 127 cm³/mol. The number of para-hydroxylation sites is 1. The number of Topliss-reactive ketones (excluding diaryl/α,β-unsaturated/α-hetero) is 1. The van der Waals surface area contributed by atoms with Gasteiger partial charge in [0.25, 0.3) is 0 Å². The maximum atomic E-state index is 11.3. The fraction of sp³-hybridized carbons (Fsp3) is 0.0370. The molecule has 32 heavy (non-hydrogen) atoms. The zero-order chi connectivity index (χ0) is 22.9. The van der Waals surface area contributed by atoms with E-state index in [0.717, 1.165) is 0 Å². The van der Waals surface area contributed by atoms with Crippen LogP contribution in [0, 0.1) is 0 Å². The molecule has 0 amide bonds. The van der Waals surface area contributed by atoms with E-state index >= 15 is 0 Å². The summed E-state index contributed by atoms with van der Waals surface area (Å²) in [6.45, 7) is 1.22. The van der Waals surface area contributed by atoms with Crippen molar-refractivity contribution in [3.8, 4) is 5.75 Å². The standard InChI is InChI=1S/C9H8O4.3C6H5.Sn/c1-5(10)6-3-2-4-7(8(6)11)9(12)13;3*1-2-4-6-5-3-1;/h2-4,11H,1H3,(H,12,13);3*1-5H;/q;;;;+1/p-1. The number of ketones is 1. The van der Waals surface area contributed by atoms with Gasteiger partial charge in [-0.1, -0.05) is 17.9 Å². The van der Waals surface area contributed by atoms with Gasteiger partial charge in [0, 0.05) is 5.56 Å². The third-order valence-corrected chi connectivity index (χ3v) is 12.6. The summed E-state index contributed by atoms with van der Waals surface area (Å²) in [5, 5.41) is 19.8. The van der Waals surface area contributed by atoms with Gasteiger partial charge in [-0.25, -0.2) is 4.79 Å². The zero-order valence-corrected chi connectivity index (χ0v) is 20.4. The third kappa shape index (κ3) is 5.86. The molecule has 1 N–H and O–H groups in total. The van der Waals surface area contributed by atoms with Crippen LogP contribution >= 0.6 is 0 Å². The minimum atomic E-state index is -1.98. The molecule has 4 aromatic rings. The molecule has 4 rings (SSSR count). The topological polar surface area (TPSA) is 77.4 Å². The molecule has 0 saturated carbocycles. The molecule has 0 radical (unpaired) electrons. The molecule has 158 valence electrons. The van der Waals surface area contributed by atoms with Crippen LogP contribution in [0.25, 0.3) is 0 Å². The van der Waals surface area contributed by atoms with E-state index in [-0.39, 0.29) is 11.1 Å². The number of hydrogen-bond acceptors (Lipinski definition) is 3. The van der Waals surface area contributed by atoms with Crippen LogP contribution in [0.5, 0.6) is 5.75 Å². The number of benzene rings is 4. The molecule has 0 unspecified atom stereocenters. The van der Waals surface area contributed by atoms with Gasteiger partial charge >= 0.3 is 127 Å². The number of carbonyl (C=O) groups excluding carboxylic acids is 1. The molecule has 0 fully saturated rings. The van der Waals surface area contributed by atoms with E-state index < -0.39 is 37.3 Å². The van der Waals surface area contributed by atoms with Crippen LogP contribution in [0.15, 0.2) is 109 Å². The van der Waals surface area contributed by atoms with E-state index in [9.17, 15) is 14.7 Å². The molecule has 0 heterocycles. The van der Waals surface area contributed by atoms with Crippen molar-refractivity contribution in [2.45, 2.75) is 6.92 Å². The molecular weight excluding hydrogens is 507 g/mol. The number of carboxylic acids is 1. The van der Waals surface area contributed by atoms with Crippen LogP contribution < -0.4 is 15.8 Å². The third-order valence-electron chi connectivity index (χ3n) is 4.81. The molecule has 0 atom stereocenters. The summed E-state index contributed by atoms with van der Waals surface area (Å²) in [6.07, 6.45) is 0. The van der Waals surface area contributed by atoms with Crippen molar-refractivity contribution in [1.82, 2.24) is 0 Å². The molecule has 0 aliphatic rings. The van der Waals surface area contributed by atoms with Gasteiger partial charge in [0.15, 0.2) is 5.78 Å². The van der Waals surface area contributed by atoms with Crippen LogP contribution in [-0.4, -0.2) is 36.6 Å². The zero-order valence-electron chi connectivity index (χ0n) is 17.6. The first-order valence-corrected chi connectivity index (χ1v) is 14.3. The summed E-state index contributed by atoms with van der Waals surface area (Å²) in [6, 6.07) is 36.8. The van der Waals surface area contributed by atoms with Crippen LogP contribution in [0.1, 0.15) is 27.6 Å². The number of hydrogen-bond donors (Lipinski definition) is 1. The number of carbonyl (C=O) groups is 2. The Labute approximate surface area is 194 Å². The number of aromatic carboxylic acids is 1. The van der Waals surface area contributed by atoms with E-state index in [2.05, 4.69) is 91.0 Å². The van der Waals surface area contributed by atoms with Gasteiger partial charge < -0.3 is 10.2 Å². The molecule has 0 aliphatic heterocycles. The monoisotopic (exact) mass is 530 g/mol. The van der Waals surface area contributed by atoms with E-state index in [1.807, 2.05) is 0 Å². The average molecular weight is 529 g/mol. The van der Waals surface area contributed by atoms with Crippen molar-refractivity contribution < 1.29 is 19.8 Å². The molecule has 0 saturated heterocycles. The number of carboxylic acid groups (broad SMARTS) is 1. The summed E-state index contributed by atoms with van der Waals surface area (Å²) in [5.41, 5.74) is -0.451. The Bertz CT molecular complexity index is 1050. The van der Waals surface area contributed by atoms with E-state index in [4.69, 9.17) is 5.11 Å². The Balaban J connectivity index is 0.000000195. The second-order valence-electron chi connectivity index (χ2n) is 7.02. The molecule has 4 nitrogen and oxygen atoms in total. The van der Waals surface area contributed by atoms with E-state index in [1.165, 1.54) is 35.9 Å². The summed E-state index contributed by atoms with van der Waals surface area (Å²) in [4.78, 5) is 21.3. The van der Waals surface area contributed by atoms with Gasteiger partial charge in [0.2, 0.25) is 0 Å². The van der Waals surface area contributed by atoms with Crippen molar-refractivity contribution in [1.29, 1.82) is 0 Å². The van der Waals surface area contributed by atoms with Crippen LogP contribution in [0.4, 0.5) is 0 Å². The first kappa shape index (κ1) is 23.3. The summed E-state index contributed by atoms with van der Waals surface area (Å²) in [5.74, 6) is -2.45. The molecule has 4 aromatic carbocycles. The van der Waals surface area contributed by atoms with Gasteiger partial charge in [-0.05, 0) is 13.0 Å². The Morgan fingerprint density at radius 2 is 1.00 bits per heavy atom. The van der Waals surface area contributed by atoms with Gasteiger partial charge in [0.05, 0.1) is 5.56 Å². The van der Waals surface area contributed by atoms with Crippen molar-refractivity contribution in [2.75, 3.05) is 0 Å². The summed E-state index contributed by atoms with van der Waals surface area (Å²) in [7, 11) is 0. The SMILES string of the molecule is CC(=O)c1cccc(C(=O)O)c1[O-].c1cc[c]([Sn+]([c]2ccccc2)[c]2ccccc2)cc1. The minimum absolute atomic E-state index is 0.0834. The predicted octanol–water partition coefficient (Wildman–Crippen LogP) is 2.86. The molecule has 0 bridgehead atoms. The fourth-order valence-corrected chi connectivity index (χ4v) is 10.7. The molecule has 0 aliphatic carbocycles. The first-order valence-electron chi connectivity index (χ1n) is 10.1. The normalized spacial score (nSPS) is 9.91. The van der Waals surface area contributed by atoms with E-state index in [0.29, 0.717) is 0 Å². The summed E-state index contributed by atoms with van der Waals surface area (Å²) >= 11 is -1.98. The van der Waals surface area contributed by atoms with Gasteiger partial charge in [-0.15, -0.1) is 0 Å². The van der Waals surface area contributed by atoms with E-state index in [1.54, 1.807) is 0 Å². The second-order valence-corrected chi connectivity index (χ2v) is 14.1. The fourth-order valence-electron chi connectivity index (χ4n) is 3.30. The van der Waals surface area contributed by atoms with Crippen LogP contribution in [0.3, 0.4) is 0 Å². The van der Waals surface area contributed by atoms with Crippen LogP contribution in [-0.2, 0) is 0 Å². The van der Waals surface area contributed by atoms with Gasteiger partial charge in [-0.2, -0.15) is 0 Å². The van der Waals surface area contributed by atoms with Crippen molar-refractivity contribution in [2.24, 2.45) is 0 Å². The Kier molecular flexibility index (Phi) is 8.22. The number of rotatable bonds is 5. The van der Waals surface area contributed by atoms with Gasteiger partial charge in [-0.3, -0.25) is 4.79 Å². The molecule has 0 aromatic heterocycles. The Hall–Kier alpha value is -3.38. The summed E-state index contributed by atoms with van der Waals surface area (Å²) < 4.78 is 4.59. The molecular formula is C27H22O4Sn. The van der Waals surface area contributed by atoms with Gasteiger partial charge in [0.1, 0.15) is 0 Å². The van der Waals surface area contributed by atoms with Crippen LogP contribution in [0.2, 0.25) is 0 Å². The second kappa shape index (κ2) is 11.3. The van der Waals surface area contributed by atoms with Crippen molar-refractivity contribution in [3.05, 3.63) is 120 Å². The molecule has 0 spiro atoms.